The molecule has 3 atom stereocenters. The lowest BCUT2D eigenvalue weighted by atomic mass is 9.60. The Morgan fingerprint density at radius 1 is 0.950 bits per heavy atom. The molecule has 0 spiro atoms. The monoisotopic (exact) mass is 293 g/mol. The molecule has 0 radical (unpaired) electrons. The van der Waals surface area contributed by atoms with Crippen molar-refractivity contribution in [1.29, 1.82) is 0 Å². The first-order valence-electron chi connectivity index (χ1n) is 8.81. The van der Waals surface area contributed by atoms with E-state index in [0.717, 1.165) is 11.8 Å². The van der Waals surface area contributed by atoms with Gasteiger partial charge in [0.1, 0.15) is 0 Å². The molecule has 3 rings (SSSR count). The van der Waals surface area contributed by atoms with Gasteiger partial charge in [0.05, 0.1) is 0 Å². The second kappa shape index (κ2) is 6.09. The molecule has 0 heterocycles. The molecule has 2 saturated carbocycles. The average Bonchev–Trinajstić information content (AvgIpc) is 2.47. The highest BCUT2D eigenvalue weighted by Crippen LogP contribution is 2.56. The Hall–Kier alpha value is 0.130. The predicted octanol–water partition coefficient (Wildman–Crippen LogP) is 4.63. The third-order valence-electron chi connectivity index (χ3n) is 6.21. The van der Waals surface area contributed by atoms with Crippen molar-refractivity contribution in [1.82, 2.24) is 4.90 Å². The van der Waals surface area contributed by atoms with Gasteiger partial charge in [0.25, 0.3) is 0 Å². The summed E-state index contributed by atoms with van der Waals surface area (Å²) in [6.07, 6.45) is 17.2. The average molecular weight is 293 g/mol. The number of rotatable bonds is 3. The first-order chi connectivity index (χ1) is 9.64. The molecule has 3 unspecified atom stereocenters. The summed E-state index contributed by atoms with van der Waals surface area (Å²) in [6.45, 7) is 0. The molecule has 1 nitrogen and oxygen atoms in total. The van der Waals surface area contributed by atoms with Gasteiger partial charge in [-0.3, -0.25) is 0 Å². The van der Waals surface area contributed by atoms with E-state index in [2.05, 4.69) is 34.3 Å². The summed E-state index contributed by atoms with van der Waals surface area (Å²) >= 11 is 0. The standard InChI is InChI=1S/C18H32NP/c1-19(2)17-13-16(14-9-5-3-6-10-14)18(17,20)15-11-7-4-8-12-15/h13-15,17H,3-12,20H2,1-2H3. The lowest BCUT2D eigenvalue weighted by molar-refractivity contribution is 0.164. The van der Waals surface area contributed by atoms with Crippen LogP contribution in [0.15, 0.2) is 11.6 Å². The maximum absolute atomic E-state index is 3.36. The van der Waals surface area contributed by atoms with E-state index >= 15 is 0 Å². The quantitative estimate of drug-likeness (QED) is 0.541. The van der Waals surface area contributed by atoms with Crippen LogP contribution in [-0.2, 0) is 0 Å². The number of nitrogens with zero attached hydrogens (tertiary/aromatic N) is 1. The van der Waals surface area contributed by atoms with E-state index in [9.17, 15) is 0 Å². The third kappa shape index (κ3) is 2.50. The van der Waals surface area contributed by atoms with Gasteiger partial charge in [-0.15, -0.1) is 9.24 Å². The molecule has 3 aliphatic rings. The normalized spacial score (nSPS) is 36.8. The van der Waals surface area contributed by atoms with Gasteiger partial charge in [-0.25, -0.2) is 0 Å². The summed E-state index contributed by atoms with van der Waals surface area (Å²) < 4.78 is 0. The summed E-state index contributed by atoms with van der Waals surface area (Å²) in [5.74, 6) is 1.81. The van der Waals surface area contributed by atoms with E-state index in [4.69, 9.17) is 0 Å². The van der Waals surface area contributed by atoms with Crippen LogP contribution >= 0.6 is 9.24 Å². The maximum Gasteiger partial charge on any atom is 0.0406 e. The van der Waals surface area contributed by atoms with Crippen molar-refractivity contribution in [2.24, 2.45) is 11.8 Å². The Morgan fingerprint density at radius 2 is 1.50 bits per heavy atom. The molecule has 0 N–H and O–H groups in total. The predicted molar refractivity (Wildman–Crippen MR) is 91.1 cm³/mol. The Labute approximate surface area is 127 Å². The largest absolute Gasteiger partial charge is 0.302 e. The molecule has 0 amide bonds. The highest BCUT2D eigenvalue weighted by molar-refractivity contribution is 7.19. The van der Waals surface area contributed by atoms with E-state index < -0.39 is 0 Å². The molecule has 0 aromatic rings. The molecule has 0 aromatic carbocycles. The van der Waals surface area contributed by atoms with Gasteiger partial charge in [-0.2, -0.15) is 0 Å². The molecule has 2 fully saturated rings. The second-order valence-corrected chi connectivity index (χ2v) is 8.59. The lowest BCUT2D eigenvalue weighted by Gasteiger charge is -2.57. The van der Waals surface area contributed by atoms with Gasteiger partial charge >= 0.3 is 0 Å². The molecule has 114 valence electrons. The first-order valence-corrected chi connectivity index (χ1v) is 9.39. The van der Waals surface area contributed by atoms with Crippen molar-refractivity contribution in [3.63, 3.8) is 0 Å². The summed E-state index contributed by atoms with van der Waals surface area (Å²) in [6, 6.07) is 0.660. The van der Waals surface area contributed by atoms with Gasteiger partial charge in [-0.05, 0) is 51.6 Å². The molecule has 0 bridgehead atoms. The molecular weight excluding hydrogens is 261 g/mol. The lowest BCUT2D eigenvalue weighted by Crippen LogP contribution is -2.59. The van der Waals surface area contributed by atoms with Gasteiger partial charge < -0.3 is 4.90 Å². The van der Waals surface area contributed by atoms with E-state index in [1.54, 1.807) is 0 Å². The summed E-state index contributed by atoms with van der Waals surface area (Å²) in [4.78, 5) is 2.45. The zero-order chi connectivity index (χ0) is 14.2. The van der Waals surface area contributed by atoms with E-state index in [-0.39, 0.29) is 0 Å². The van der Waals surface area contributed by atoms with Crippen molar-refractivity contribution < 1.29 is 0 Å². The van der Waals surface area contributed by atoms with Crippen LogP contribution in [0, 0.1) is 11.8 Å². The summed E-state index contributed by atoms with van der Waals surface area (Å²) in [5.41, 5.74) is 1.83. The minimum atomic E-state index is 0.409. The molecule has 0 aliphatic heterocycles. The smallest absolute Gasteiger partial charge is 0.0406 e. The molecule has 3 aliphatic carbocycles. The fourth-order valence-electron chi connectivity index (χ4n) is 5.06. The van der Waals surface area contributed by atoms with Gasteiger partial charge in [0.2, 0.25) is 0 Å². The van der Waals surface area contributed by atoms with Crippen molar-refractivity contribution in [2.45, 2.75) is 75.4 Å². The minimum Gasteiger partial charge on any atom is -0.302 e. The SMILES string of the molecule is CN(C)C1C=C(C2CCCCC2)C1(P)C1CCCCC1. The zero-order valence-corrected chi connectivity index (χ0v) is 14.6. The second-order valence-electron chi connectivity index (χ2n) is 7.63. The van der Waals surface area contributed by atoms with Crippen LogP contribution in [0.1, 0.15) is 64.2 Å². The fourth-order valence-corrected chi connectivity index (χ4v) is 6.12. The van der Waals surface area contributed by atoms with Gasteiger partial charge in [0.15, 0.2) is 0 Å². The Kier molecular flexibility index (Phi) is 4.58. The molecular formula is C18H32NP. The van der Waals surface area contributed by atoms with Crippen molar-refractivity contribution >= 4 is 9.24 Å². The Balaban J connectivity index is 1.82. The Morgan fingerprint density at radius 3 is 2.05 bits per heavy atom. The molecule has 2 heteroatoms. The van der Waals surface area contributed by atoms with Crippen LogP contribution in [0.2, 0.25) is 0 Å². The van der Waals surface area contributed by atoms with Crippen LogP contribution < -0.4 is 0 Å². The Bertz CT molecular complexity index is 364. The van der Waals surface area contributed by atoms with Crippen molar-refractivity contribution in [3.05, 3.63) is 11.6 Å². The van der Waals surface area contributed by atoms with Crippen LogP contribution in [-0.4, -0.2) is 30.2 Å². The van der Waals surface area contributed by atoms with E-state index in [0.29, 0.717) is 11.2 Å². The van der Waals surface area contributed by atoms with Crippen molar-refractivity contribution in [3.8, 4) is 0 Å². The highest BCUT2D eigenvalue weighted by Gasteiger charge is 2.52. The zero-order valence-electron chi connectivity index (χ0n) is 13.4. The molecule has 0 saturated heterocycles. The van der Waals surface area contributed by atoms with Crippen LogP contribution in [0.3, 0.4) is 0 Å². The topological polar surface area (TPSA) is 3.24 Å². The number of hydrogen-bond acceptors (Lipinski definition) is 1. The van der Waals surface area contributed by atoms with Crippen molar-refractivity contribution in [2.75, 3.05) is 14.1 Å². The summed E-state index contributed by atoms with van der Waals surface area (Å²) in [7, 11) is 7.88. The van der Waals surface area contributed by atoms with Crippen LogP contribution in [0.25, 0.3) is 0 Å². The summed E-state index contributed by atoms with van der Waals surface area (Å²) in [5, 5.41) is 0.409. The van der Waals surface area contributed by atoms with E-state index in [1.165, 1.54) is 64.2 Å². The number of hydrogen-bond donors (Lipinski definition) is 0. The highest BCUT2D eigenvalue weighted by atomic mass is 31.0. The minimum absolute atomic E-state index is 0.409. The van der Waals surface area contributed by atoms with Gasteiger partial charge in [-0.1, -0.05) is 50.2 Å². The number of likely N-dealkylation sites (N-methyl/N-ethyl adjacent to an activating group) is 1. The fraction of sp³-hybridized carbons (Fsp3) is 0.889. The molecule has 0 aromatic heterocycles. The van der Waals surface area contributed by atoms with Crippen LogP contribution in [0.4, 0.5) is 0 Å². The van der Waals surface area contributed by atoms with Gasteiger partial charge in [0, 0.05) is 11.2 Å². The van der Waals surface area contributed by atoms with Crippen LogP contribution in [0.5, 0.6) is 0 Å². The maximum atomic E-state index is 3.36. The third-order valence-corrected chi connectivity index (χ3v) is 7.36. The molecule has 20 heavy (non-hydrogen) atoms. The van der Waals surface area contributed by atoms with E-state index in [1.807, 2.05) is 5.57 Å². The first kappa shape index (κ1) is 15.0.